The zero-order valence-corrected chi connectivity index (χ0v) is 16.5. The summed E-state index contributed by atoms with van der Waals surface area (Å²) >= 11 is 0. The molecule has 28 heavy (non-hydrogen) atoms. The van der Waals surface area contributed by atoms with E-state index in [-0.39, 0.29) is 17.6 Å². The monoisotopic (exact) mass is 379 g/mol. The molecule has 146 valence electrons. The van der Waals surface area contributed by atoms with E-state index in [1.165, 1.54) is 0 Å². The number of hydrogen-bond acceptors (Lipinski definition) is 4. The fraction of sp³-hybridized carbons (Fsp3) is 0.364. The molecule has 1 aliphatic heterocycles. The predicted octanol–water partition coefficient (Wildman–Crippen LogP) is 3.30. The molecule has 1 atom stereocenters. The van der Waals surface area contributed by atoms with Crippen molar-refractivity contribution in [1.82, 2.24) is 9.88 Å². The number of carbonyl (C=O) groups excluding carboxylic acids is 1. The second kappa shape index (κ2) is 8.77. The average molecular weight is 379 g/mol. The standard InChI is InChI=1S/C22H25N3O3/c1-15-11-17(16(2)25(15)19-6-8-20(27-3)9-7-19)12-18(13-23)22(26)24-14-21-5-4-10-28-21/h6-9,11-12,21H,4-5,10,14H2,1-3H3,(H,24,26)/b18-12+/t21-/m0/s1. The third-order valence-corrected chi connectivity index (χ3v) is 4.98. The first-order valence-electron chi connectivity index (χ1n) is 9.38. The van der Waals surface area contributed by atoms with E-state index < -0.39 is 0 Å². The minimum Gasteiger partial charge on any atom is -0.497 e. The van der Waals surface area contributed by atoms with E-state index in [9.17, 15) is 10.1 Å². The lowest BCUT2D eigenvalue weighted by molar-refractivity contribution is -0.117. The quantitative estimate of drug-likeness (QED) is 0.617. The van der Waals surface area contributed by atoms with E-state index in [4.69, 9.17) is 9.47 Å². The largest absolute Gasteiger partial charge is 0.497 e. The van der Waals surface area contributed by atoms with Gasteiger partial charge in [-0.3, -0.25) is 4.79 Å². The van der Waals surface area contributed by atoms with Crippen LogP contribution in [0, 0.1) is 25.2 Å². The van der Waals surface area contributed by atoms with Gasteiger partial charge in [0.1, 0.15) is 17.4 Å². The van der Waals surface area contributed by atoms with Gasteiger partial charge < -0.3 is 19.4 Å². The highest BCUT2D eigenvalue weighted by molar-refractivity contribution is 6.01. The SMILES string of the molecule is COc1ccc(-n2c(C)cc(/C=C(\C#N)C(=O)NC[C@@H]3CCCO3)c2C)cc1. The maximum absolute atomic E-state index is 12.4. The highest BCUT2D eigenvalue weighted by Crippen LogP contribution is 2.24. The molecule has 1 saturated heterocycles. The summed E-state index contributed by atoms with van der Waals surface area (Å²) in [6, 6.07) is 11.8. The second-order valence-electron chi connectivity index (χ2n) is 6.87. The van der Waals surface area contributed by atoms with Crippen LogP contribution in [0.4, 0.5) is 0 Å². The summed E-state index contributed by atoms with van der Waals surface area (Å²) in [5.41, 5.74) is 3.91. The van der Waals surface area contributed by atoms with Crippen LogP contribution in [0.15, 0.2) is 35.9 Å². The fourth-order valence-electron chi connectivity index (χ4n) is 3.47. The van der Waals surface area contributed by atoms with Crippen LogP contribution >= 0.6 is 0 Å². The van der Waals surface area contributed by atoms with Crippen molar-refractivity contribution >= 4 is 12.0 Å². The summed E-state index contributed by atoms with van der Waals surface area (Å²) in [5.74, 6) is 0.424. The van der Waals surface area contributed by atoms with E-state index in [2.05, 4.69) is 9.88 Å². The van der Waals surface area contributed by atoms with Gasteiger partial charge in [-0.2, -0.15) is 5.26 Å². The van der Waals surface area contributed by atoms with Crippen LogP contribution in [0.1, 0.15) is 29.8 Å². The van der Waals surface area contributed by atoms with Gasteiger partial charge in [-0.15, -0.1) is 0 Å². The molecule has 6 heteroatoms. The first kappa shape index (κ1) is 19.7. The summed E-state index contributed by atoms with van der Waals surface area (Å²) in [6.07, 6.45) is 3.64. The molecule has 0 bridgehead atoms. The van der Waals surface area contributed by atoms with Crippen LogP contribution in [-0.2, 0) is 9.53 Å². The zero-order valence-electron chi connectivity index (χ0n) is 16.5. The molecule has 0 radical (unpaired) electrons. The third kappa shape index (κ3) is 4.26. The van der Waals surface area contributed by atoms with Gasteiger partial charge in [-0.1, -0.05) is 0 Å². The van der Waals surface area contributed by atoms with Crippen molar-refractivity contribution < 1.29 is 14.3 Å². The fourth-order valence-corrected chi connectivity index (χ4v) is 3.47. The number of aryl methyl sites for hydroxylation is 1. The number of aromatic nitrogens is 1. The first-order chi connectivity index (χ1) is 13.5. The van der Waals surface area contributed by atoms with Gasteiger partial charge >= 0.3 is 0 Å². The van der Waals surface area contributed by atoms with E-state index in [0.29, 0.717) is 6.54 Å². The third-order valence-electron chi connectivity index (χ3n) is 4.98. The molecule has 1 N–H and O–H groups in total. The van der Waals surface area contributed by atoms with E-state index in [1.54, 1.807) is 13.2 Å². The lowest BCUT2D eigenvalue weighted by atomic mass is 10.1. The number of nitrogens with one attached hydrogen (secondary N) is 1. The summed E-state index contributed by atoms with van der Waals surface area (Å²) in [7, 11) is 1.64. The average Bonchev–Trinajstić information content (AvgIpc) is 3.32. The minimum absolute atomic E-state index is 0.0454. The Morgan fingerprint density at radius 3 is 2.75 bits per heavy atom. The molecule has 1 amide bonds. The van der Waals surface area contributed by atoms with Gasteiger partial charge in [-0.25, -0.2) is 0 Å². The Hall–Kier alpha value is -3.04. The van der Waals surface area contributed by atoms with Crippen LogP contribution in [0.2, 0.25) is 0 Å². The molecule has 1 fully saturated rings. The number of methoxy groups -OCH3 is 1. The van der Waals surface area contributed by atoms with E-state index in [0.717, 1.165) is 47.8 Å². The van der Waals surface area contributed by atoms with Gasteiger partial charge in [0.15, 0.2) is 0 Å². The van der Waals surface area contributed by atoms with E-state index in [1.807, 2.05) is 50.2 Å². The maximum Gasteiger partial charge on any atom is 0.262 e. The molecule has 2 heterocycles. The van der Waals surface area contributed by atoms with Crippen molar-refractivity contribution in [3.8, 4) is 17.5 Å². The number of nitrogens with zero attached hydrogens (tertiary/aromatic N) is 2. The number of nitriles is 1. The molecule has 3 rings (SSSR count). The van der Waals surface area contributed by atoms with Crippen molar-refractivity contribution in [2.45, 2.75) is 32.8 Å². The Morgan fingerprint density at radius 1 is 1.39 bits per heavy atom. The molecule has 1 aliphatic rings. The van der Waals surface area contributed by atoms with Crippen molar-refractivity contribution in [3.05, 3.63) is 52.9 Å². The van der Waals surface area contributed by atoms with Crippen LogP contribution in [-0.4, -0.2) is 36.8 Å². The number of hydrogen-bond donors (Lipinski definition) is 1. The summed E-state index contributed by atoms with van der Waals surface area (Å²) in [4.78, 5) is 12.4. The van der Waals surface area contributed by atoms with Crippen molar-refractivity contribution in [2.75, 3.05) is 20.3 Å². The van der Waals surface area contributed by atoms with Gasteiger partial charge in [0, 0.05) is 30.2 Å². The number of ether oxygens (including phenoxy) is 2. The van der Waals surface area contributed by atoms with Gasteiger partial charge in [0.25, 0.3) is 5.91 Å². The Morgan fingerprint density at radius 2 is 2.14 bits per heavy atom. The highest BCUT2D eigenvalue weighted by Gasteiger charge is 2.18. The zero-order chi connectivity index (χ0) is 20.1. The number of rotatable bonds is 6. The van der Waals surface area contributed by atoms with Crippen LogP contribution < -0.4 is 10.1 Å². The summed E-state index contributed by atoms with van der Waals surface area (Å²) < 4.78 is 12.8. The summed E-state index contributed by atoms with van der Waals surface area (Å²) in [6.45, 7) is 5.14. The Kier molecular flexibility index (Phi) is 6.17. The molecule has 0 unspecified atom stereocenters. The van der Waals surface area contributed by atoms with Crippen LogP contribution in [0.3, 0.4) is 0 Å². The molecule has 0 spiro atoms. The van der Waals surface area contributed by atoms with Crippen molar-refractivity contribution in [2.24, 2.45) is 0 Å². The second-order valence-corrected chi connectivity index (χ2v) is 6.87. The van der Waals surface area contributed by atoms with Crippen molar-refractivity contribution in [1.29, 1.82) is 5.26 Å². The number of amides is 1. The molecular weight excluding hydrogens is 354 g/mol. The smallest absolute Gasteiger partial charge is 0.262 e. The topological polar surface area (TPSA) is 76.3 Å². The van der Waals surface area contributed by atoms with E-state index >= 15 is 0 Å². The molecule has 0 aliphatic carbocycles. The number of benzene rings is 1. The molecular formula is C22H25N3O3. The van der Waals surface area contributed by atoms with Crippen molar-refractivity contribution in [3.63, 3.8) is 0 Å². The number of carbonyl (C=O) groups is 1. The van der Waals surface area contributed by atoms with Gasteiger partial charge in [0.05, 0.1) is 13.2 Å². The van der Waals surface area contributed by atoms with Crippen LogP contribution in [0.25, 0.3) is 11.8 Å². The Balaban J connectivity index is 1.81. The molecule has 1 aromatic carbocycles. The van der Waals surface area contributed by atoms with Gasteiger partial charge in [-0.05, 0) is 68.7 Å². The minimum atomic E-state index is -0.368. The normalized spacial score (nSPS) is 16.6. The summed E-state index contributed by atoms with van der Waals surface area (Å²) in [5, 5.41) is 12.3. The van der Waals surface area contributed by atoms with Crippen LogP contribution in [0.5, 0.6) is 5.75 Å². The predicted molar refractivity (Wildman–Crippen MR) is 107 cm³/mol. The highest BCUT2D eigenvalue weighted by atomic mass is 16.5. The lowest BCUT2D eigenvalue weighted by Crippen LogP contribution is -2.32. The molecule has 0 saturated carbocycles. The Bertz CT molecular complexity index is 914. The lowest BCUT2D eigenvalue weighted by Gasteiger charge is -2.11. The first-order valence-corrected chi connectivity index (χ1v) is 9.38. The Labute approximate surface area is 165 Å². The molecule has 2 aromatic rings. The van der Waals surface area contributed by atoms with Gasteiger partial charge in [0.2, 0.25) is 0 Å². The molecule has 1 aromatic heterocycles. The molecule has 6 nitrogen and oxygen atoms in total. The maximum atomic E-state index is 12.4.